The fourth-order valence-electron chi connectivity index (χ4n) is 0.0333. The first-order valence-electron chi connectivity index (χ1n) is 0.963. The number of hydrogen-bond donors (Lipinski definition) is 0. The first-order chi connectivity index (χ1) is 2.77. The molecule has 36 valence electrons. The Labute approximate surface area is 36.8 Å². The minimum absolute atomic E-state index is 0. The maximum absolute atomic E-state index is 9.21. The smallest absolute Gasteiger partial charge is 0 e. The number of nitrogens with zero attached hydrogens (tertiary/aromatic N) is 2. The van der Waals surface area contributed by atoms with Crippen molar-refractivity contribution in [2.45, 2.75) is 0 Å². The van der Waals surface area contributed by atoms with Crippen molar-refractivity contribution in [2.75, 3.05) is 0 Å². The summed E-state index contributed by atoms with van der Waals surface area (Å²) in [7, 11) is 0. The van der Waals surface area contributed by atoms with E-state index in [2.05, 4.69) is 4.40 Å². The van der Waals surface area contributed by atoms with Crippen LogP contribution in [0.1, 0.15) is 0 Å². The van der Waals surface area contributed by atoms with Crippen molar-refractivity contribution < 1.29 is 8.76 Å². The van der Waals surface area contributed by atoms with E-state index in [0.29, 0.717) is 0 Å². The topological polar surface area (TPSA) is 74.8 Å². The van der Waals surface area contributed by atoms with E-state index in [4.69, 9.17) is 5.41 Å². The predicted octanol–water partition coefficient (Wildman–Crippen LogP) is -0.476. The van der Waals surface area contributed by atoms with Crippen molar-refractivity contribution in [2.24, 2.45) is 4.40 Å². The first-order valence-corrected chi connectivity index (χ1v) is 1.99. The average Bonchev–Trinajstić information content (AvgIpc) is 1.35. The van der Waals surface area contributed by atoms with Gasteiger partial charge < -0.3 is 14.4 Å². The summed E-state index contributed by atoms with van der Waals surface area (Å²) in [5.41, 5.74) is 0. The third-order valence-electron chi connectivity index (χ3n) is 0.115. The molecule has 4 nitrogen and oxygen atoms in total. The molecule has 0 saturated carbocycles. The van der Waals surface area contributed by atoms with Crippen LogP contribution in [0.3, 0.4) is 0 Å². The Morgan fingerprint density at radius 1 is 1.86 bits per heavy atom. The van der Waals surface area contributed by atoms with Gasteiger partial charge in [-0.3, -0.25) is 4.21 Å². The third-order valence-corrected chi connectivity index (χ3v) is 0.346. The average molecular weight is 371 g/mol. The molecule has 7 heavy (non-hydrogen) atoms. The van der Waals surface area contributed by atoms with Gasteiger partial charge in [0.15, 0.2) is 0 Å². The second-order valence-electron chi connectivity index (χ2n) is 0.408. The van der Waals surface area contributed by atoms with Crippen molar-refractivity contribution >= 4 is 17.3 Å². The minimum Gasteiger partial charge on any atom is -0.771 e. The van der Waals surface area contributed by atoms with Crippen molar-refractivity contribution in [1.82, 2.24) is 0 Å². The largest absolute Gasteiger partial charge is 0.771 e. The van der Waals surface area contributed by atoms with E-state index < -0.39 is 11.3 Å². The van der Waals surface area contributed by atoms with E-state index in [1.807, 2.05) is 0 Å². The molecule has 0 bridgehead atoms. The fourth-order valence-corrected chi connectivity index (χ4v) is 0.100. The summed E-state index contributed by atoms with van der Waals surface area (Å²) >= 11 is -2.55. The molecule has 1 atom stereocenters. The molecule has 0 aromatic carbocycles. The monoisotopic (exact) mass is 371 g/mol. The summed E-state index contributed by atoms with van der Waals surface area (Å²) in [5.74, 6) is 0. The third kappa shape index (κ3) is 12.5. The van der Waals surface area contributed by atoms with Crippen LogP contribution in [0.25, 0.3) is 5.41 Å². The van der Waals surface area contributed by atoms with E-state index >= 15 is 0 Å². The van der Waals surface area contributed by atoms with Crippen molar-refractivity contribution in [3.63, 3.8) is 0 Å². The standard InChI is InChI=1S/CHN2O2S.Rf/c2-1-3-6(4)5;/h(H,4,5);/q-1;/p-1. The number of hydrogen-bond acceptors (Lipinski definition) is 2. The quantitative estimate of drug-likeness (QED) is 0.462. The van der Waals surface area contributed by atoms with Crippen LogP contribution in [0.15, 0.2) is 4.40 Å². The number of rotatable bonds is 1. The molecule has 0 aliphatic rings. The maximum atomic E-state index is 9.21. The van der Waals surface area contributed by atoms with Gasteiger partial charge in [-0.1, -0.05) is 0 Å². The molecule has 0 radical (unpaired) electrons. The van der Waals surface area contributed by atoms with Gasteiger partial charge in [0.2, 0.25) is 0 Å². The van der Waals surface area contributed by atoms with Gasteiger partial charge in [0.05, 0.1) is 0 Å². The summed E-state index contributed by atoms with van der Waals surface area (Å²) in [4.78, 5) is 0. The van der Waals surface area contributed by atoms with Gasteiger partial charge in [0.1, 0.15) is 0 Å². The van der Waals surface area contributed by atoms with Crippen molar-refractivity contribution in [1.29, 1.82) is 0 Å². The Bertz CT molecular complexity index is 108. The van der Waals surface area contributed by atoms with Crippen LogP contribution in [0.4, 0.5) is 0 Å². The van der Waals surface area contributed by atoms with Crippen LogP contribution in [-0.2, 0) is 11.3 Å². The van der Waals surface area contributed by atoms with Crippen LogP contribution in [0, 0.1) is 0 Å². The Kier molecular flexibility index (Phi) is 5.83. The van der Waals surface area contributed by atoms with E-state index in [-0.39, 0.29) is 0 Å². The molecule has 0 saturated heterocycles. The molecule has 0 rings (SSSR count). The van der Waals surface area contributed by atoms with Crippen molar-refractivity contribution in [3.05, 3.63) is 5.41 Å². The Morgan fingerprint density at radius 2 is 2.29 bits per heavy atom. The molecule has 6 heteroatoms. The zero-order valence-corrected chi connectivity index (χ0v) is 10.5. The summed E-state index contributed by atoms with van der Waals surface area (Å²) in [6.45, 7) is 0. The zero-order valence-electron chi connectivity index (χ0n) is 3.33. The van der Waals surface area contributed by atoms with Crippen LogP contribution in [0.2, 0.25) is 0 Å². The Hall–Kier alpha value is -1.51. The van der Waals surface area contributed by atoms with Crippen LogP contribution in [-0.4, -0.2) is 14.8 Å². The van der Waals surface area contributed by atoms with Gasteiger partial charge in [0.25, 0.3) is 0 Å². The molecule has 0 amide bonds. The second-order valence-corrected chi connectivity index (χ2v) is 1.03. The summed E-state index contributed by atoms with van der Waals surface area (Å²) < 4.78 is 20.8. The Morgan fingerprint density at radius 3 is 2.29 bits per heavy atom. The normalized spacial score (nSPS) is 10.4. The van der Waals surface area contributed by atoms with Crippen LogP contribution >= 0.6 is 0 Å². The summed E-state index contributed by atoms with van der Waals surface area (Å²) in [5, 5.41) is 7.43. The van der Waals surface area contributed by atoms with Crippen molar-refractivity contribution in [3.8, 4) is 0 Å². The fraction of sp³-hybridized carbons (Fsp3) is 0. The van der Waals surface area contributed by atoms with Gasteiger partial charge in [-0.25, -0.2) is 0 Å². The van der Waals surface area contributed by atoms with Crippen LogP contribution in [0.5, 0.6) is 0 Å². The molecular formula is CN2O2RfS-2. The molecule has 0 N–H and O–H groups in total. The van der Waals surface area contributed by atoms with E-state index in [1.165, 1.54) is 0 Å². The van der Waals surface area contributed by atoms with Crippen LogP contribution < -0.4 is 0 Å². The van der Waals surface area contributed by atoms with E-state index in [1.54, 1.807) is 0 Å². The molecule has 0 aliphatic heterocycles. The molecule has 0 aromatic heterocycles. The summed E-state index contributed by atoms with van der Waals surface area (Å²) in [6, 6.07) is 1.08. The minimum atomic E-state index is -2.55. The van der Waals surface area contributed by atoms with Gasteiger partial charge in [-0.05, 0) is 11.3 Å². The SMILES string of the molecule is [N-]=C=NS(=O)[O-].[Rf]. The zero-order chi connectivity index (χ0) is 4.99. The van der Waals surface area contributed by atoms with Gasteiger partial charge in [0, 0.05) is 0 Å². The molecule has 0 aliphatic carbocycles. The Balaban J connectivity index is 0. The second kappa shape index (κ2) is 4.49. The molecule has 0 aromatic rings. The van der Waals surface area contributed by atoms with E-state index in [9.17, 15) is 8.76 Å². The van der Waals surface area contributed by atoms with E-state index in [0.717, 1.165) is 6.01 Å². The van der Waals surface area contributed by atoms with Gasteiger partial charge >= 0.3 is 0 Å². The van der Waals surface area contributed by atoms with Gasteiger partial charge in [-0.15, -0.1) is 6.01 Å². The molecular weight excluding hydrogens is 371 g/mol. The molecule has 0 spiro atoms. The predicted molar refractivity (Wildman–Crippen MR) is 19.7 cm³/mol. The van der Waals surface area contributed by atoms with Gasteiger partial charge in [-0.2, -0.15) is 0 Å². The molecule has 0 fully saturated rings. The maximum Gasteiger partial charge on any atom is 0 e. The molecule has 0 heterocycles. The summed E-state index contributed by atoms with van der Waals surface area (Å²) in [6.07, 6.45) is 0. The molecule has 1 unspecified atom stereocenters. The first kappa shape index (κ1) is 9.09.